The molecule has 0 atom stereocenters. The van der Waals surface area contributed by atoms with Crippen LogP contribution in [0.5, 0.6) is 5.88 Å². The molecule has 0 bridgehead atoms. The van der Waals surface area contributed by atoms with Crippen LogP contribution in [0.2, 0.25) is 0 Å². The van der Waals surface area contributed by atoms with Gasteiger partial charge in [-0.2, -0.15) is 0 Å². The van der Waals surface area contributed by atoms with Gasteiger partial charge in [0.2, 0.25) is 0 Å². The summed E-state index contributed by atoms with van der Waals surface area (Å²) >= 11 is 1.93. The van der Waals surface area contributed by atoms with Gasteiger partial charge in [0.15, 0.2) is 0 Å². The van der Waals surface area contributed by atoms with Crippen molar-refractivity contribution in [1.82, 2.24) is 10.2 Å². The number of nitrogens with zero attached hydrogens (tertiary/aromatic N) is 1. The van der Waals surface area contributed by atoms with E-state index in [1.54, 1.807) is 12.3 Å². The number of hydrogen-bond donors (Lipinski definition) is 1. The van der Waals surface area contributed by atoms with E-state index in [1.807, 2.05) is 16.5 Å². The summed E-state index contributed by atoms with van der Waals surface area (Å²) in [5, 5.41) is 6.36. The molecule has 4 heteroatoms. The molecule has 0 saturated carbocycles. The van der Waals surface area contributed by atoms with Crippen LogP contribution in [0.4, 0.5) is 0 Å². The van der Waals surface area contributed by atoms with E-state index < -0.39 is 0 Å². The number of hydrogen-bond acceptors (Lipinski definition) is 2. The fourth-order valence-electron chi connectivity index (χ4n) is 0.401. The van der Waals surface area contributed by atoms with Crippen molar-refractivity contribution in [1.29, 1.82) is 0 Å². The number of H-pyrrole nitrogens is 1. The first-order valence-electron chi connectivity index (χ1n) is 2.20. The van der Waals surface area contributed by atoms with E-state index in [0.29, 0.717) is 5.44 Å². The van der Waals surface area contributed by atoms with Gasteiger partial charge in [-0.15, -0.1) is 0 Å². The summed E-state index contributed by atoms with van der Waals surface area (Å²) in [5.41, 5.74) is 0.683. The third-order valence-electron chi connectivity index (χ3n) is 0.703. The molecule has 3 nitrogen and oxygen atoms in total. The molecule has 0 aliphatic carbocycles. The summed E-state index contributed by atoms with van der Waals surface area (Å²) in [7, 11) is 0. The molecular weight excluding hydrogens is 165 g/mol. The van der Waals surface area contributed by atoms with Crippen molar-refractivity contribution >= 4 is 16.5 Å². The molecule has 0 spiro atoms. The normalized spacial score (nSPS) is 9.12. The summed E-state index contributed by atoms with van der Waals surface area (Å²) in [4.78, 5) is 0. The molecular formula is C4H5GeN2O. The average Bonchev–Trinajstić information content (AvgIpc) is 2.19. The monoisotopic (exact) mass is 171 g/mol. The van der Waals surface area contributed by atoms with Crippen LogP contribution >= 0.6 is 0 Å². The second-order valence-electron chi connectivity index (χ2n) is 1.21. The molecule has 1 aromatic rings. The van der Waals surface area contributed by atoms with Crippen molar-refractivity contribution in [3.63, 3.8) is 0 Å². The molecule has 0 aromatic carbocycles. The maximum atomic E-state index is 5.03. The number of nitrogens with one attached hydrogen (secondary N) is 1. The topological polar surface area (TPSA) is 37.9 Å². The molecule has 0 saturated heterocycles. The number of aromatic nitrogens is 2. The second-order valence-corrected chi connectivity index (χ2v) is 1.82. The van der Waals surface area contributed by atoms with E-state index in [2.05, 4.69) is 10.2 Å². The third-order valence-corrected chi connectivity index (χ3v) is 1.01. The van der Waals surface area contributed by atoms with Gasteiger partial charge < -0.3 is 0 Å². The SMILES string of the molecule is [Ge][CH2]Oc1ccn[nH]1. The van der Waals surface area contributed by atoms with E-state index >= 15 is 0 Å². The first-order chi connectivity index (χ1) is 3.93. The van der Waals surface area contributed by atoms with E-state index in [-0.39, 0.29) is 0 Å². The van der Waals surface area contributed by atoms with Crippen molar-refractivity contribution in [2.24, 2.45) is 0 Å². The molecule has 0 aliphatic rings. The first-order valence-corrected chi connectivity index (χ1v) is 3.68. The van der Waals surface area contributed by atoms with Crippen LogP contribution in [0.25, 0.3) is 0 Å². The van der Waals surface area contributed by atoms with Crippen LogP contribution < -0.4 is 4.74 Å². The molecule has 3 radical (unpaired) electrons. The Labute approximate surface area is 55.7 Å². The summed E-state index contributed by atoms with van der Waals surface area (Å²) in [5.74, 6) is 0.729. The van der Waals surface area contributed by atoms with Crippen molar-refractivity contribution in [3.05, 3.63) is 12.3 Å². The van der Waals surface area contributed by atoms with Crippen molar-refractivity contribution in [2.75, 3.05) is 5.44 Å². The zero-order valence-corrected chi connectivity index (χ0v) is 6.32. The van der Waals surface area contributed by atoms with Gasteiger partial charge in [-0.25, -0.2) is 0 Å². The summed E-state index contributed by atoms with van der Waals surface area (Å²) in [6, 6.07) is 1.78. The quantitative estimate of drug-likeness (QED) is 0.629. The van der Waals surface area contributed by atoms with E-state index in [4.69, 9.17) is 4.74 Å². The Kier molecular flexibility index (Phi) is 1.96. The molecule has 1 heterocycles. The Balaban J connectivity index is 2.50. The molecule has 0 aliphatic heterocycles. The van der Waals surface area contributed by atoms with E-state index in [1.165, 1.54) is 0 Å². The fraction of sp³-hybridized carbons (Fsp3) is 0.250. The van der Waals surface area contributed by atoms with Gasteiger partial charge in [-0.3, -0.25) is 0 Å². The minimum atomic E-state index is 0.683. The first kappa shape index (κ1) is 5.69. The minimum absolute atomic E-state index is 0.683. The van der Waals surface area contributed by atoms with Gasteiger partial charge in [0.1, 0.15) is 0 Å². The second kappa shape index (κ2) is 2.76. The predicted molar refractivity (Wildman–Crippen MR) is 29.8 cm³/mol. The van der Waals surface area contributed by atoms with Gasteiger partial charge in [0.05, 0.1) is 0 Å². The zero-order valence-electron chi connectivity index (χ0n) is 4.22. The number of ether oxygens (including phenoxy) is 1. The Morgan fingerprint density at radius 3 is 3.25 bits per heavy atom. The van der Waals surface area contributed by atoms with Gasteiger partial charge in [0, 0.05) is 0 Å². The molecule has 1 rings (SSSR count). The number of aromatic amines is 1. The Hall–Kier alpha value is -0.447. The Bertz CT molecular complexity index is 140. The zero-order chi connectivity index (χ0) is 5.82. The summed E-state index contributed by atoms with van der Waals surface area (Å²) in [6.45, 7) is 0. The van der Waals surface area contributed by atoms with Crippen LogP contribution in [0.1, 0.15) is 0 Å². The van der Waals surface area contributed by atoms with Crippen LogP contribution in [0, 0.1) is 0 Å². The molecule has 1 N–H and O–H groups in total. The summed E-state index contributed by atoms with van der Waals surface area (Å²) in [6.07, 6.45) is 1.66. The Morgan fingerprint density at radius 2 is 2.75 bits per heavy atom. The van der Waals surface area contributed by atoms with Crippen LogP contribution in [-0.2, 0) is 0 Å². The molecule has 0 unspecified atom stereocenters. The molecule has 1 aromatic heterocycles. The van der Waals surface area contributed by atoms with Gasteiger partial charge >= 0.3 is 55.0 Å². The van der Waals surface area contributed by atoms with E-state index in [0.717, 1.165) is 5.88 Å². The fourth-order valence-corrected chi connectivity index (χ4v) is 0.728. The van der Waals surface area contributed by atoms with Crippen molar-refractivity contribution < 1.29 is 4.74 Å². The van der Waals surface area contributed by atoms with Gasteiger partial charge in [-0.1, -0.05) is 0 Å². The number of rotatable bonds is 2. The van der Waals surface area contributed by atoms with Crippen LogP contribution in [0.15, 0.2) is 12.3 Å². The molecule has 0 fully saturated rings. The van der Waals surface area contributed by atoms with E-state index in [9.17, 15) is 0 Å². The molecule has 0 amide bonds. The predicted octanol–water partition coefficient (Wildman–Crippen LogP) is -0.0855. The maximum absolute atomic E-state index is 5.03. The van der Waals surface area contributed by atoms with Crippen molar-refractivity contribution in [2.45, 2.75) is 0 Å². The third kappa shape index (κ3) is 1.26. The summed E-state index contributed by atoms with van der Waals surface area (Å²) < 4.78 is 5.03. The average molecular weight is 170 g/mol. The van der Waals surface area contributed by atoms with Crippen molar-refractivity contribution in [3.8, 4) is 5.88 Å². The van der Waals surface area contributed by atoms with Crippen LogP contribution in [0.3, 0.4) is 0 Å². The standard InChI is InChI=1S/C4H5GeN2O/c5-3-8-4-1-2-6-7-4/h1-2H,3H2,(H,6,7). The molecule has 8 heavy (non-hydrogen) atoms. The Morgan fingerprint density at radius 1 is 1.88 bits per heavy atom. The molecule has 41 valence electrons. The van der Waals surface area contributed by atoms with Gasteiger partial charge in [-0.05, 0) is 0 Å². The van der Waals surface area contributed by atoms with Crippen LogP contribution in [-0.4, -0.2) is 32.2 Å². The van der Waals surface area contributed by atoms with Gasteiger partial charge in [0.25, 0.3) is 0 Å².